The fourth-order valence-electron chi connectivity index (χ4n) is 2.50. The minimum atomic E-state index is 0.556. The summed E-state index contributed by atoms with van der Waals surface area (Å²) in [4.78, 5) is 2.11. The first-order valence-corrected chi connectivity index (χ1v) is 7.56. The van der Waals surface area contributed by atoms with E-state index in [-0.39, 0.29) is 0 Å². The van der Waals surface area contributed by atoms with Crippen molar-refractivity contribution in [1.82, 2.24) is 5.43 Å². The second kappa shape index (κ2) is 6.92. The number of hydrogen-bond acceptors (Lipinski definition) is 6. The van der Waals surface area contributed by atoms with Crippen molar-refractivity contribution in [2.45, 2.75) is 6.92 Å². The van der Waals surface area contributed by atoms with Crippen LogP contribution in [0.2, 0.25) is 0 Å². The maximum Gasteiger partial charge on any atom is 0.149 e. The summed E-state index contributed by atoms with van der Waals surface area (Å²) in [5, 5.41) is 13.7. The molecule has 2 aromatic rings. The maximum absolute atomic E-state index is 9.37. The quantitative estimate of drug-likeness (QED) is 0.677. The third kappa shape index (κ3) is 3.25. The van der Waals surface area contributed by atoms with Gasteiger partial charge in [0.15, 0.2) is 0 Å². The van der Waals surface area contributed by atoms with Crippen LogP contribution in [0.5, 0.6) is 5.75 Å². The molecule has 0 spiro atoms. The van der Waals surface area contributed by atoms with Gasteiger partial charge < -0.3 is 14.1 Å². The summed E-state index contributed by atoms with van der Waals surface area (Å²) in [6.45, 7) is 3.01. The molecule has 0 aliphatic carbocycles. The van der Waals surface area contributed by atoms with E-state index in [1.54, 1.807) is 13.4 Å². The molecule has 0 saturated heterocycles. The summed E-state index contributed by atoms with van der Waals surface area (Å²) in [5.41, 5.74) is 6.26. The Labute approximate surface area is 140 Å². The highest BCUT2D eigenvalue weighted by atomic mass is 16.5. The van der Waals surface area contributed by atoms with Crippen LogP contribution in [0.4, 0.5) is 5.69 Å². The Bertz CT molecular complexity index is 799. The van der Waals surface area contributed by atoms with Gasteiger partial charge in [-0.15, -0.1) is 0 Å². The Hall–Kier alpha value is -3.20. The zero-order chi connectivity index (χ0) is 16.9. The summed E-state index contributed by atoms with van der Waals surface area (Å²) in [5.74, 6) is 1.51. The number of nitrogens with one attached hydrogen (secondary N) is 1. The van der Waals surface area contributed by atoms with E-state index < -0.39 is 0 Å². The van der Waals surface area contributed by atoms with Gasteiger partial charge in [0.1, 0.15) is 17.2 Å². The minimum Gasteiger partial charge on any atom is -0.497 e. The fourth-order valence-corrected chi connectivity index (χ4v) is 2.50. The van der Waals surface area contributed by atoms with Crippen LogP contribution in [0.25, 0.3) is 0 Å². The third-order valence-corrected chi connectivity index (χ3v) is 3.87. The lowest BCUT2D eigenvalue weighted by Gasteiger charge is -2.18. The molecule has 0 amide bonds. The molecule has 0 bridgehead atoms. The summed E-state index contributed by atoms with van der Waals surface area (Å²) < 4.78 is 10.5. The zero-order valence-corrected chi connectivity index (χ0v) is 13.6. The predicted molar refractivity (Wildman–Crippen MR) is 91.9 cm³/mol. The van der Waals surface area contributed by atoms with Crippen molar-refractivity contribution in [2.24, 2.45) is 5.10 Å². The van der Waals surface area contributed by atoms with Crippen LogP contribution in [0.15, 0.2) is 63.5 Å². The minimum absolute atomic E-state index is 0.556. The number of ether oxygens (including phenoxy) is 1. The van der Waals surface area contributed by atoms with Gasteiger partial charge >= 0.3 is 0 Å². The second-order valence-corrected chi connectivity index (χ2v) is 5.41. The summed E-state index contributed by atoms with van der Waals surface area (Å²) in [6, 6.07) is 13.7. The molecule has 24 heavy (non-hydrogen) atoms. The average Bonchev–Trinajstić information content (AvgIpc) is 3.29. The normalized spacial score (nSPS) is 14.7. The number of hydrazone groups is 1. The highest BCUT2D eigenvalue weighted by Crippen LogP contribution is 2.25. The molecular formula is C18H18N4O2. The van der Waals surface area contributed by atoms with E-state index in [0.717, 1.165) is 22.8 Å². The van der Waals surface area contributed by atoms with Crippen LogP contribution in [-0.4, -0.2) is 25.9 Å². The largest absolute Gasteiger partial charge is 0.497 e. The Morgan fingerprint density at radius 1 is 1.29 bits per heavy atom. The van der Waals surface area contributed by atoms with Gasteiger partial charge in [0.25, 0.3) is 0 Å². The number of methoxy groups -OCH3 is 1. The summed E-state index contributed by atoms with van der Waals surface area (Å²) in [6.07, 6.45) is 1.61. The summed E-state index contributed by atoms with van der Waals surface area (Å²) >= 11 is 0. The van der Waals surface area contributed by atoms with Crippen LogP contribution < -0.4 is 15.1 Å². The van der Waals surface area contributed by atoms with Crippen molar-refractivity contribution in [3.05, 3.63) is 59.7 Å². The topological polar surface area (TPSA) is 73.8 Å². The predicted octanol–water partition coefficient (Wildman–Crippen LogP) is 2.90. The van der Waals surface area contributed by atoms with Crippen molar-refractivity contribution in [3.8, 4) is 11.8 Å². The maximum atomic E-state index is 9.37. The number of nitrogens with zero attached hydrogens (tertiary/aromatic N) is 3. The van der Waals surface area contributed by atoms with E-state index >= 15 is 0 Å². The van der Waals surface area contributed by atoms with Gasteiger partial charge in [0.2, 0.25) is 0 Å². The van der Waals surface area contributed by atoms with Gasteiger partial charge in [-0.1, -0.05) is 0 Å². The molecule has 1 aromatic heterocycles. The molecule has 2 heterocycles. The van der Waals surface area contributed by atoms with E-state index in [1.165, 1.54) is 0 Å². The first-order chi connectivity index (χ1) is 11.7. The Morgan fingerprint density at radius 3 is 2.71 bits per heavy atom. The van der Waals surface area contributed by atoms with Crippen molar-refractivity contribution < 1.29 is 9.15 Å². The fraction of sp³-hybridized carbons (Fsp3) is 0.222. The van der Waals surface area contributed by atoms with Crippen molar-refractivity contribution in [3.63, 3.8) is 0 Å². The number of hydrogen-bond donors (Lipinski definition) is 1. The lowest BCUT2D eigenvalue weighted by molar-refractivity contribution is 0.415. The van der Waals surface area contributed by atoms with Crippen LogP contribution in [-0.2, 0) is 0 Å². The molecule has 0 fully saturated rings. The van der Waals surface area contributed by atoms with Crippen LogP contribution >= 0.6 is 0 Å². The second-order valence-electron chi connectivity index (χ2n) is 5.41. The van der Waals surface area contributed by atoms with Crippen LogP contribution in [0, 0.1) is 11.3 Å². The molecule has 1 aromatic carbocycles. The molecule has 0 unspecified atom stereocenters. The van der Waals surface area contributed by atoms with Gasteiger partial charge in [-0.2, -0.15) is 10.4 Å². The van der Waals surface area contributed by atoms with E-state index in [0.29, 0.717) is 24.4 Å². The number of furan rings is 1. The number of anilines is 1. The Morgan fingerprint density at radius 2 is 2.08 bits per heavy atom. The highest BCUT2D eigenvalue weighted by Gasteiger charge is 2.22. The third-order valence-electron chi connectivity index (χ3n) is 3.87. The lowest BCUT2D eigenvalue weighted by Crippen LogP contribution is -2.22. The lowest BCUT2D eigenvalue weighted by atomic mass is 10.2. The van der Waals surface area contributed by atoms with Crippen molar-refractivity contribution >= 4 is 11.4 Å². The molecule has 1 N–H and O–H groups in total. The summed E-state index contributed by atoms with van der Waals surface area (Å²) in [7, 11) is 1.64. The molecule has 1 aliphatic rings. The molecule has 1 aliphatic heterocycles. The molecule has 0 atom stereocenters. The molecule has 122 valence electrons. The number of benzene rings is 1. The van der Waals surface area contributed by atoms with E-state index in [1.807, 2.05) is 43.3 Å². The smallest absolute Gasteiger partial charge is 0.149 e. The molecule has 0 radical (unpaired) electrons. The molecule has 6 heteroatoms. The van der Waals surface area contributed by atoms with Gasteiger partial charge in [-0.05, 0) is 43.3 Å². The van der Waals surface area contributed by atoms with Gasteiger partial charge in [-0.25, -0.2) is 0 Å². The molecular weight excluding hydrogens is 304 g/mol. The highest BCUT2D eigenvalue weighted by molar-refractivity contribution is 5.95. The Kier molecular flexibility index (Phi) is 4.52. The SMILES string of the molecule is COc1ccc(N2CC(C#N)=C(N/N=C(\C)c3ccco3)C2)cc1. The zero-order valence-electron chi connectivity index (χ0n) is 13.6. The van der Waals surface area contributed by atoms with Gasteiger partial charge in [0.05, 0.1) is 43.8 Å². The van der Waals surface area contributed by atoms with E-state index in [2.05, 4.69) is 21.5 Å². The van der Waals surface area contributed by atoms with E-state index in [9.17, 15) is 5.26 Å². The molecule has 6 nitrogen and oxygen atoms in total. The van der Waals surface area contributed by atoms with Gasteiger partial charge in [0, 0.05) is 5.69 Å². The van der Waals surface area contributed by atoms with E-state index in [4.69, 9.17) is 9.15 Å². The molecule has 0 saturated carbocycles. The standard InChI is InChI=1S/C18H18N4O2/c1-13(18-4-3-9-24-18)20-21-17-12-22(11-14(17)10-19)15-5-7-16(23-2)8-6-15/h3-9,21H,11-12H2,1-2H3/b20-13+. The van der Waals surface area contributed by atoms with Crippen molar-refractivity contribution in [1.29, 1.82) is 5.26 Å². The van der Waals surface area contributed by atoms with Crippen LogP contribution in [0.3, 0.4) is 0 Å². The van der Waals surface area contributed by atoms with Gasteiger partial charge in [-0.3, -0.25) is 5.43 Å². The first-order valence-electron chi connectivity index (χ1n) is 7.56. The van der Waals surface area contributed by atoms with Crippen LogP contribution in [0.1, 0.15) is 12.7 Å². The first kappa shape index (κ1) is 15.7. The number of rotatable bonds is 5. The number of nitriles is 1. The average molecular weight is 322 g/mol. The Balaban J connectivity index is 1.71. The molecule has 3 rings (SSSR count). The van der Waals surface area contributed by atoms with Crippen molar-refractivity contribution in [2.75, 3.05) is 25.1 Å². The monoisotopic (exact) mass is 322 g/mol.